The lowest BCUT2D eigenvalue weighted by Crippen LogP contribution is -2.18. The second-order valence-electron chi connectivity index (χ2n) is 3.81. The monoisotopic (exact) mass is 221 g/mol. The summed E-state index contributed by atoms with van der Waals surface area (Å²) in [4.78, 5) is 3.86. The number of oxazole rings is 1. The van der Waals surface area contributed by atoms with E-state index in [9.17, 15) is 0 Å². The lowest BCUT2D eigenvalue weighted by Gasteiger charge is -2.12. The second kappa shape index (κ2) is 4.49. The molecule has 0 aromatic carbocycles. The van der Waals surface area contributed by atoms with Gasteiger partial charge in [0.1, 0.15) is 11.5 Å². The molecule has 0 aliphatic heterocycles. The van der Waals surface area contributed by atoms with E-state index in [1.165, 1.54) is 6.39 Å². The smallest absolute Gasteiger partial charge is 0.180 e. The third kappa shape index (κ3) is 2.14. The van der Waals surface area contributed by atoms with E-state index < -0.39 is 0 Å². The highest BCUT2D eigenvalue weighted by Gasteiger charge is 2.15. The van der Waals surface area contributed by atoms with Gasteiger partial charge in [-0.05, 0) is 20.8 Å². The Morgan fingerprint density at radius 1 is 1.44 bits per heavy atom. The largest absolute Gasteiger partial charge is 0.447 e. The molecular weight excluding hydrogens is 206 g/mol. The van der Waals surface area contributed by atoms with Crippen LogP contribution in [-0.4, -0.2) is 10.1 Å². The minimum absolute atomic E-state index is 0.177. The topological polar surface area (TPSA) is 64.1 Å². The predicted octanol–water partition coefficient (Wildman–Crippen LogP) is 2.13. The fourth-order valence-electron chi connectivity index (χ4n) is 1.79. The second-order valence-corrected chi connectivity index (χ2v) is 3.81. The maximum absolute atomic E-state index is 5.15. The maximum atomic E-state index is 5.15. The van der Waals surface area contributed by atoms with Crippen molar-refractivity contribution in [2.45, 2.75) is 33.4 Å². The molecule has 1 unspecified atom stereocenters. The van der Waals surface area contributed by atoms with Crippen LogP contribution in [0.5, 0.6) is 0 Å². The van der Waals surface area contributed by atoms with Crippen molar-refractivity contribution in [1.82, 2.24) is 15.5 Å². The van der Waals surface area contributed by atoms with Gasteiger partial charge >= 0.3 is 0 Å². The molecule has 5 heteroatoms. The molecule has 5 nitrogen and oxygen atoms in total. The molecule has 16 heavy (non-hydrogen) atoms. The molecule has 0 radical (unpaired) electrons. The van der Waals surface area contributed by atoms with Crippen LogP contribution in [0.2, 0.25) is 0 Å². The average molecular weight is 221 g/mol. The Kier molecular flexibility index (Phi) is 3.05. The van der Waals surface area contributed by atoms with Gasteiger partial charge in [0.05, 0.1) is 18.4 Å². The standard InChI is InChI=1S/C11H15N3O2/c1-7(11-8(2)14-16-9(11)3)13-5-10-4-12-6-15-10/h4,6-7,13H,5H2,1-3H3. The first kappa shape index (κ1) is 10.9. The molecular formula is C11H15N3O2. The van der Waals surface area contributed by atoms with Crippen LogP contribution in [0.15, 0.2) is 21.5 Å². The zero-order valence-electron chi connectivity index (χ0n) is 9.65. The molecule has 2 rings (SSSR count). The van der Waals surface area contributed by atoms with Gasteiger partial charge in [0.15, 0.2) is 6.39 Å². The van der Waals surface area contributed by atoms with E-state index in [2.05, 4.69) is 22.4 Å². The number of nitrogens with zero attached hydrogens (tertiary/aromatic N) is 2. The summed E-state index contributed by atoms with van der Waals surface area (Å²) in [7, 11) is 0. The number of aromatic nitrogens is 2. The predicted molar refractivity (Wildman–Crippen MR) is 57.7 cm³/mol. The van der Waals surface area contributed by atoms with Gasteiger partial charge in [-0.1, -0.05) is 5.16 Å². The lowest BCUT2D eigenvalue weighted by atomic mass is 10.1. The van der Waals surface area contributed by atoms with E-state index >= 15 is 0 Å². The molecule has 0 amide bonds. The van der Waals surface area contributed by atoms with Gasteiger partial charge in [0.2, 0.25) is 0 Å². The van der Waals surface area contributed by atoms with Crippen LogP contribution in [0.25, 0.3) is 0 Å². The fourth-order valence-corrected chi connectivity index (χ4v) is 1.79. The summed E-state index contributed by atoms with van der Waals surface area (Å²) >= 11 is 0. The molecule has 2 aromatic rings. The van der Waals surface area contributed by atoms with Crippen molar-refractivity contribution in [3.8, 4) is 0 Å². The molecule has 1 N–H and O–H groups in total. The lowest BCUT2D eigenvalue weighted by molar-refractivity contribution is 0.389. The molecule has 2 aromatic heterocycles. The molecule has 2 heterocycles. The Labute approximate surface area is 93.8 Å². The number of hydrogen-bond acceptors (Lipinski definition) is 5. The van der Waals surface area contributed by atoms with Gasteiger partial charge in [-0.25, -0.2) is 4.98 Å². The third-order valence-corrected chi connectivity index (χ3v) is 2.59. The third-order valence-electron chi connectivity index (χ3n) is 2.59. The summed E-state index contributed by atoms with van der Waals surface area (Å²) in [6.45, 7) is 6.58. The summed E-state index contributed by atoms with van der Waals surface area (Å²) in [6, 6.07) is 0.177. The van der Waals surface area contributed by atoms with E-state index in [0.717, 1.165) is 22.8 Å². The number of nitrogens with one attached hydrogen (secondary N) is 1. The molecule has 86 valence electrons. The van der Waals surface area contributed by atoms with Crippen molar-refractivity contribution in [3.63, 3.8) is 0 Å². The highest BCUT2D eigenvalue weighted by Crippen LogP contribution is 2.21. The van der Waals surface area contributed by atoms with E-state index in [-0.39, 0.29) is 6.04 Å². The molecule has 1 atom stereocenters. The zero-order valence-corrected chi connectivity index (χ0v) is 9.65. The minimum Gasteiger partial charge on any atom is -0.447 e. The van der Waals surface area contributed by atoms with Crippen LogP contribution in [0, 0.1) is 13.8 Å². The van der Waals surface area contributed by atoms with E-state index in [4.69, 9.17) is 8.94 Å². The average Bonchev–Trinajstić information content (AvgIpc) is 2.86. The Morgan fingerprint density at radius 3 is 2.81 bits per heavy atom. The highest BCUT2D eigenvalue weighted by molar-refractivity contribution is 5.24. The number of aryl methyl sites for hydroxylation is 2. The fraction of sp³-hybridized carbons (Fsp3) is 0.455. The van der Waals surface area contributed by atoms with Crippen LogP contribution in [-0.2, 0) is 6.54 Å². The first-order chi connectivity index (χ1) is 7.68. The Balaban J connectivity index is 2.01. The van der Waals surface area contributed by atoms with Crippen molar-refractivity contribution in [3.05, 3.63) is 35.4 Å². The molecule has 0 saturated carbocycles. The Bertz CT molecular complexity index is 428. The van der Waals surface area contributed by atoms with Crippen molar-refractivity contribution in [1.29, 1.82) is 0 Å². The highest BCUT2D eigenvalue weighted by atomic mass is 16.5. The Morgan fingerprint density at radius 2 is 2.25 bits per heavy atom. The van der Waals surface area contributed by atoms with Crippen LogP contribution in [0.1, 0.15) is 35.7 Å². The van der Waals surface area contributed by atoms with Crippen molar-refractivity contribution in [2.24, 2.45) is 0 Å². The molecule has 0 aliphatic rings. The van der Waals surface area contributed by atoms with Crippen LogP contribution >= 0.6 is 0 Å². The number of hydrogen-bond donors (Lipinski definition) is 1. The first-order valence-corrected chi connectivity index (χ1v) is 5.22. The van der Waals surface area contributed by atoms with Crippen molar-refractivity contribution < 1.29 is 8.94 Å². The molecule has 0 bridgehead atoms. The summed E-state index contributed by atoms with van der Waals surface area (Å²) in [6.07, 6.45) is 3.13. The summed E-state index contributed by atoms with van der Waals surface area (Å²) in [5, 5.41) is 7.27. The van der Waals surface area contributed by atoms with E-state index in [1.807, 2.05) is 13.8 Å². The van der Waals surface area contributed by atoms with Gasteiger partial charge in [-0.15, -0.1) is 0 Å². The van der Waals surface area contributed by atoms with Gasteiger partial charge in [0.25, 0.3) is 0 Å². The van der Waals surface area contributed by atoms with Crippen LogP contribution in [0.3, 0.4) is 0 Å². The summed E-state index contributed by atoms with van der Waals surface area (Å²) in [5.74, 6) is 1.67. The zero-order chi connectivity index (χ0) is 11.5. The molecule has 0 fully saturated rings. The van der Waals surface area contributed by atoms with Gasteiger partial charge in [-0.2, -0.15) is 0 Å². The van der Waals surface area contributed by atoms with Crippen LogP contribution in [0.4, 0.5) is 0 Å². The van der Waals surface area contributed by atoms with Crippen LogP contribution < -0.4 is 5.32 Å². The summed E-state index contributed by atoms with van der Waals surface area (Å²) < 4.78 is 10.3. The van der Waals surface area contributed by atoms with Crippen molar-refractivity contribution in [2.75, 3.05) is 0 Å². The maximum Gasteiger partial charge on any atom is 0.180 e. The van der Waals surface area contributed by atoms with Gasteiger partial charge < -0.3 is 14.3 Å². The quantitative estimate of drug-likeness (QED) is 0.856. The molecule has 0 spiro atoms. The Hall–Kier alpha value is -1.62. The SMILES string of the molecule is Cc1noc(C)c1C(C)NCc1cnco1. The van der Waals surface area contributed by atoms with Gasteiger partial charge in [0, 0.05) is 11.6 Å². The molecule has 0 aliphatic carbocycles. The van der Waals surface area contributed by atoms with Crippen molar-refractivity contribution >= 4 is 0 Å². The minimum atomic E-state index is 0.177. The first-order valence-electron chi connectivity index (χ1n) is 5.22. The van der Waals surface area contributed by atoms with E-state index in [1.54, 1.807) is 6.20 Å². The van der Waals surface area contributed by atoms with E-state index in [0.29, 0.717) is 6.54 Å². The normalized spacial score (nSPS) is 12.9. The van der Waals surface area contributed by atoms with Gasteiger partial charge in [-0.3, -0.25) is 0 Å². The molecule has 0 saturated heterocycles. The summed E-state index contributed by atoms with van der Waals surface area (Å²) in [5.41, 5.74) is 2.04. The number of rotatable bonds is 4.